The number of ether oxygens (including phenoxy) is 2. The quantitative estimate of drug-likeness (QED) is 0.457. The van der Waals surface area contributed by atoms with Gasteiger partial charge >= 0.3 is 12.1 Å². The van der Waals surface area contributed by atoms with Gasteiger partial charge in [0.2, 0.25) is 5.91 Å². The average Bonchev–Trinajstić information content (AvgIpc) is 3.42. The van der Waals surface area contributed by atoms with Gasteiger partial charge in [-0.3, -0.25) is 9.69 Å². The molecule has 1 aliphatic heterocycles. The van der Waals surface area contributed by atoms with Crippen LogP contribution in [0.5, 0.6) is 0 Å². The normalized spacial score (nSPS) is 15.7. The van der Waals surface area contributed by atoms with Gasteiger partial charge in [-0.15, -0.1) is 0 Å². The van der Waals surface area contributed by atoms with Crippen LogP contribution in [0, 0.1) is 0 Å². The van der Waals surface area contributed by atoms with Gasteiger partial charge in [-0.2, -0.15) is 0 Å². The molecule has 1 fully saturated rings. The van der Waals surface area contributed by atoms with Crippen LogP contribution in [0.1, 0.15) is 29.5 Å². The first-order valence-corrected chi connectivity index (χ1v) is 12.1. The molecule has 0 saturated carbocycles. The van der Waals surface area contributed by atoms with Crippen molar-refractivity contribution in [1.29, 1.82) is 0 Å². The molecule has 2 amide bonds. The van der Waals surface area contributed by atoms with Gasteiger partial charge in [-0.05, 0) is 29.5 Å². The van der Waals surface area contributed by atoms with Crippen molar-refractivity contribution in [3.8, 4) is 0 Å². The minimum Gasteiger partial charge on any atom is -0.459 e. The van der Waals surface area contributed by atoms with E-state index < -0.39 is 24.1 Å². The summed E-state index contributed by atoms with van der Waals surface area (Å²) in [6, 6.07) is 26.6. The Hall–Kier alpha value is -4.13. The standard InChI is InChI=1S/C29H30N2O5/c32-27(26-17-10-18-31(26)29(34)36-21-24-15-8-3-9-16-24)30-25(19-22-11-4-1-5-12-22)28(33)35-20-23-13-6-2-7-14-23/h1-9,11-16,25-26H,10,17-21H2,(H,30,32)/t25-,26-/m0/s1. The highest BCUT2D eigenvalue weighted by atomic mass is 16.6. The largest absolute Gasteiger partial charge is 0.459 e. The summed E-state index contributed by atoms with van der Waals surface area (Å²) in [5.41, 5.74) is 2.62. The lowest BCUT2D eigenvalue weighted by Gasteiger charge is -2.25. The number of hydrogen-bond donors (Lipinski definition) is 1. The van der Waals surface area contributed by atoms with E-state index in [-0.39, 0.29) is 25.5 Å². The molecule has 7 heteroatoms. The van der Waals surface area contributed by atoms with Crippen molar-refractivity contribution in [2.75, 3.05) is 6.54 Å². The van der Waals surface area contributed by atoms with Gasteiger partial charge in [0.15, 0.2) is 0 Å². The lowest BCUT2D eigenvalue weighted by Crippen LogP contribution is -2.52. The van der Waals surface area contributed by atoms with E-state index in [0.717, 1.165) is 16.7 Å². The minimum atomic E-state index is -0.883. The van der Waals surface area contributed by atoms with Crippen molar-refractivity contribution < 1.29 is 23.9 Å². The number of likely N-dealkylation sites (tertiary alicyclic amines) is 1. The Bertz CT molecular complexity index is 1140. The van der Waals surface area contributed by atoms with Crippen LogP contribution in [0.2, 0.25) is 0 Å². The fraction of sp³-hybridized carbons (Fsp3) is 0.276. The molecular weight excluding hydrogens is 456 g/mol. The van der Waals surface area contributed by atoms with Gasteiger partial charge in [-0.25, -0.2) is 9.59 Å². The van der Waals surface area contributed by atoms with Crippen molar-refractivity contribution in [2.24, 2.45) is 0 Å². The molecule has 0 aliphatic carbocycles. The summed E-state index contributed by atoms with van der Waals surface area (Å²) in [6.07, 6.45) is 0.928. The molecule has 0 spiro atoms. The molecule has 186 valence electrons. The van der Waals surface area contributed by atoms with Crippen LogP contribution in [0.4, 0.5) is 4.79 Å². The predicted molar refractivity (Wildman–Crippen MR) is 135 cm³/mol. The summed E-state index contributed by atoms with van der Waals surface area (Å²) < 4.78 is 11.0. The van der Waals surface area contributed by atoms with Gasteiger partial charge in [0.1, 0.15) is 25.3 Å². The van der Waals surface area contributed by atoms with Crippen LogP contribution in [-0.2, 0) is 38.7 Å². The average molecular weight is 487 g/mol. The number of carbonyl (C=O) groups is 3. The van der Waals surface area contributed by atoms with Crippen molar-refractivity contribution in [3.05, 3.63) is 108 Å². The van der Waals surface area contributed by atoms with Crippen LogP contribution < -0.4 is 5.32 Å². The lowest BCUT2D eigenvalue weighted by molar-refractivity contribution is -0.149. The van der Waals surface area contributed by atoms with Gasteiger partial charge in [0.25, 0.3) is 0 Å². The first-order chi connectivity index (χ1) is 17.6. The molecule has 0 radical (unpaired) electrons. The number of esters is 1. The van der Waals surface area contributed by atoms with Crippen molar-refractivity contribution in [3.63, 3.8) is 0 Å². The molecular formula is C29H30N2O5. The van der Waals surface area contributed by atoms with E-state index in [4.69, 9.17) is 9.47 Å². The number of nitrogens with zero attached hydrogens (tertiary/aromatic N) is 1. The topological polar surface area (TPSA) is 84.9 Å². The number of hydrogen-bond acceptors (Lipinski definition) is 5. The third kappa shape index (κ3) is 6.95. The SMILES string of the molecule is O=C(OCc1ccccc1)[C@H](Cc1ccccc1)NC(=O)[C@@H]1CCCN1C(=O)OCc1ccccc1. The van der Waals surface area contributed by atoms with E-state index in [9.17, 15) is 14.4 Å². The Morgan fingerprint density at radius 2 is 1.31 bits per heavy atom. The highest BCUT2D eigenvalue weighted by Gasteiger charge is 2.37. The Balaban J connectivity index is 1.39. The number of carbonyl (C=O) groups excluding carboxylic acids is 3. The lowest BCUT2D eigenvalue weighted by atomic mass is 10.1. The van der Waals surface area contributed by atoms with E-state index in [1.54, 1.807) is 0 Å². The zero-order valence-corrected chi connectivity index (χ0v) is 20.0. The summed E-state index contributed by atoms with van der Waals surface area (Å²) in [4.78, 5) is 40.4. The fourth-order valence-corrected chi connectivity index (χ4v) is 4.20. The van der Waals surface area contributed by atoms with Gasteiger partial charge in [0.05, 0.1) is 0 Å². The molecule has 7 nitrogen and oxygen atoms in total. The Labute approximate surface area is 211 Å². The smallest absolute Gasteiger partial charge is 0.410 e. The second kappa shape index (κ2) is 12.5. The van der Waals surface area contributed by atoms with E-state index >= 15 is 0 Å². The zero-order valence-electron chi connectivity index (χ0n) is 20.0. The maximum absolute atomic E-state index is 13.2. The van der Waals surface area contributed by atoms with Crippen LogP contribution >= 0.6 is 0 Å². The predicted octanol–water partition coefficient (Wildman–Crippen LogP) is 4.26. The van der Waals surface area contributed by atoms with Crippen LogP contribution in [0.25, 0.3) is 0 Å². The van der Waals surface area contributed by atoms with Crippen molar-refractivity contribution in [2.45, 2.75) is 44.6 Å². The molecule has 1 N–H and O–H groups in total. The third-order valence-corrected chi connectivity index (χ3v) is 6.10. The highest BCUT2D eigenvalue weighted by molar-refractivity contribution is 5.90. The molecule has 3 aromatic carbocycles. The fourth-order valence-electron chi connectivity index (χ4n) is 4.20. The van der Waals surface area contributed by atoms with E-state index in [1.807, 2.05) is 91.0 Å². The Morgan fingerprint density at radius 3 is 1.89 bits per heavy atom. The summed E-state index contributed by atoms with van der Waals surface area (Å²) in [6.45, 7) is 0.669. The number of rotatable bonds is 9. The van der Waals surface area contributed by atoms with Crippen molar-refractivity contribution >= 4 is 18.0 Å². The molecule has 0 bridgehead atoms. The second-order valence-corrected chi connectivity index (χ2v) is 8.74. The summed E-state index contributed by atoms with van der Waals surface area (Å²) in [5, 5.41) is 2.84. The van der Waals surface area contributed by atoms with Crippen LogP contribution in [0.15, 0.2) is 91.0 Å². The summed E-state index contributed by atoms with van der Waals surface area (Å²) in [7, 11) is 0. The van der Waals surface area contributed by atoms with Gasteiger partial charge in [0, 0.05) is 13.0 Å². The molecule has 1 heterocycles. The molecule has 3 aromatic rings. The molecule has 0 aromatic heterocycles. The number of nitrogens with one attached hydrogen (secondary N) is 1. The monoisotopic (exact) mass is 486 g/mol. The van der Waals surface area contributed by atoms with Gasteiger partial charge in [-0.1, -0.05) is 91.0 Å². The second-order valence-electron chi connectivity index (χ2n) is 8.74. The first-order valence-electron chi connectivity index (χ1n) is 12.1. The van der Waals surface area contributed by atoms with Gasteiger partial charge < -0.3 is 14.8 Å². The Kier molecular flexibility index (Phi) is 8.70. The van der Waals surface area contributed by atoms with E-state index in [1.165, 1.54) is 4.90 Å². The maximum Gasteiger partial charge on any atom is 0.410 e. The highest BCUT2D eigenvalue weighted by Crippen LogP contribution is 2.20. The molecule has 1 saturated heterocycles. The maximum atomic E-state index is 13.2. The number of amides is 2. The summed E-state index contributed by atoms with van der Waals surface area (Å²) >= 11 is 0. The third-order valence-electron chi connectivity index (χ3n) is 6.10. The molecule has 2 atom stereocenters. The molecule has 4 rings (SSSR count). The number of benzene rings is 3. The van der Waals surface area contributed by atoms with E-state index in [0.29, 0.717) is 19.4 Å². The molecule has 36 heavy (non-hydrogen) atoms. The first kappa shape index (κ1) is 25.0. The summed E-state index contributed by atoms with van der Waals surface area (Å²) in [5.74, 6) is -0.908. The van der Waals surface area contributed by atoms with Crippen LogP contribution in [-0.4, -0.2) is 41.5 Å². The minimum absolute atomic E-state index is 0.113. The molecule has 0 unspecified atom stereocenters. The van der Waals surface area contributed by atoms with E-state index in [2.05, 4.69) is 5.32 Å². The van der Waals surface area contributed by atoms with Crippen molar-refractivity contribution in [1.82, 2.24) is 10.2 Å². The zero-order chi connectivity index (χ0) is 25.2. The molecule has 1 aliphatic rings. The Morgan fingerprint density at radius 1 is 0.778 bits per heavy atom. The van der Waals surface area contributed by atoms with Crippen LogP contribution in [0.3, 0.4) is 0 Å².